The molecular weight excluding hydrogens is 317 g/mol. The van der Waals surface area contributed by atoms with Crippen LogP contribution < -0.4 is 5.32 Å². The van der Waals surface area contributed by atoms with E-state index in [-0.39, 0.29) is 12.3 Å². The fourth-order valence-electron chi connectivity index (χ4n) is 2.27. The van der Waals surface area contributed by atoms with Crippen molar-refractivity contribution in [3.63, 3.8) is 0 Å². The van der Waals surface area contributed by atoms with Crippen LogP contribution in [-0.2, 0) is 4.79 Å². The van der Waals surface area contributed by atoms with Crippen molar-refractivity contribution in [1.82, 2.24) is 10.2 Å². The van der Waals surface area contributed by atoms with Gasteiger partial charge in [0.05, 0.1) is 12.5 Å². The van der Waals surface area contributed by atoms with Gasteiger partial charge in [-0.2, -0.15) is 0 Å². The predicted molar refractivity (Wildman–Crippen MR) is 87.8 cm³/mol. The van der Waals surface area contributed by atoms with Gasteiger partial charge in [0.25, 0.3) is 0 Å². The van der Waals surface area contributed by atoms with Gasteiger partial charge in [-0.1, -0.05) is 37.3 Å². The highest BCUT2D eigenvalue weighted by Crippen LogP contribution is 2.28. The molecule has 0 saturated heterocycles. The monoisotopic (exact) mass is 337 g/mol. The Bertz CT molecular complexity index is 658. The molecule has 1 atom stereocenters. The normalized spacial score (nSPS) is 12.4. The molecule has 1 aromatic heterocycles. The van der Waals surface area contributed by atoms with Crippen LogP contribution in [0.2, 0.25) is 0 Å². The number of nitrogens with zero attached hydrogens (tertiary/aromatic N) is 2. The molecule has 1 aromatic carbocycles. The number of amides is 1. The maximum Gasteiger partial charge on any atom is 0.229 e. The van der Waals surface area contributed by atoms with Gasteiger partial charge in [-0.15, -0.1) is 10.2 Å². The Morgan fingerprint density at radius 3 is 2.74 bits per heavy atom. The van der Waals surface area contributed by atoms with E-state index in [4.69, 9.17) is 0 Å². The molecule has 0 saturated carbocycles. The summed E-state index contributed by atoms with van der Waals surface area (Å²) in [6.07, 6.45) is 0.718. The summed E-state index contributed by atoms with van der Waals surface area (Å²) in [6.45, 7) is 4.17. The van der Waals surface area contributed by atoms with Crippen LogP contribution in [0.5, 0.6) is 0 Å². The van der Waals surface area contributed by atoms with Gasteiger partial charge in [-0.25, -0.2) is 4.39 Å². The molecule has 2 N–H and O–H groups in total. The van der Waals surface area contributed by atoms with Crippen LogP contribution in [0.4, 0.5) is 9.52 Å². The Morgan fingerprint density at radius 2 is 2.09 bits per heavy atom. The van der Waals surface area contributed by atoms with Crippen LogP contribution in [0.1, 0.15) is 55.7 Å². The van der Waals surface area contributed by atoms with E-state index in [0.29, 0.717) is 16.6 Å². The molecular formula is C16H20FN3O2S. The van der Waals surface area contributed by atoms with Crippen LogP contribution >= 0.6 is 11.3 Å². The number of aromatic nitrogens is 2. The SMILES string of the molecule is CCC(CC)c1nnc(NC(=O)CC(O)c2cccc(F)c2)s1. The van der Waals surface area contributed by atoms with E-state index >= 15 is 0 Å². The van der Waals surface area contributed by atoms with Gasteiger partial charge in [0.1, 0.15) is 10.8 Å². The van der Waals surface area contributed by atoms with E-state index in [1.54, 1.807) is 6.07 Å². The summed E-state index contributed by atoms with van der Waals surface area (Å²) in [5, 5.41) is 22.0. The lowest BCUT2D eigenvalue weighted by molar-refractivity contribution is -0.118. The molecule has 1 amide bonds. The molecule has 2 aromatic rings. The average Bonchev–Trinajstić information content (AvgIpc) is 2.96. The van der Waals surface area contributed by atoms with Gasteiger partial charge in [0.15, 0.2) is 0 Å². The van der Waals surface area contributed by atoms with E-state index in [1.165, 1.54) is 29.5 Å². The van der Waals surface area contributed by atoms with Gasteiger partial charge in [-0.3, -0.25) is 4.79 Å². The molecule has 1 unspecified atom stereocenters. The maximum absolute atomic E-state index is 13.1. The van der Waals surface area contributed by atoms with Crippen molar-refractivity contribution in [2.75, 3.05) is 5.32 Å². The Kier molecular flexibility index (Phi) is 6.18. The smallest absolute Gasteiger partial charge is 0.229 e. The average molecular weight is 337 g/mol. The zero-order valence-corrected chi connectivity index (χ0v) is 13.9. The van der Waals surface area contributed by atoms with E-state index in [9.17, 15) is 14.3 Å². The molecule has 7 heteroatoms. The quantitative estimate of drug-likeness (QED) is 0.809. The Hall–Kier alpha value is -1.86. The molecule has 0 fully saturated rings. The lowest BCUT2D eigenvalue weighted by Crippen LogP contribution is -2.15. The van der Waals surface area contributed by atoms with E-state index in [0.717, 1.165) is 17.8 Å². The van der Waals surface area contributed by atoms with Crippen molar-refractivity contribution in [2.24, 2.45) is 0 Å². The maximum atomic E-state index is 13.1. The summed E-state index contributed by atoms with van der Waals surface area (Å²) in [4.78, 5) is 12.0. The summed E-state index contributed by atoms with van der Waals surface area (Å²) in [5.41, 5.74) is 0.370. The topological polar surface area (TPSA) is 75.1 Å². The molecule has 23 heavy (non-hydrogen) atoms. The second-order valence-corrected chi connectivity index (χ2v) is 6.29. The summed E-state index contributed by atoms with van der Waals surface area (Å²) >= 11 is 1.35. The minimum Gasteiger partial charge on any atom is -0.388 e. The molecule has 0 bridgehead atoms. The number of benzene rings is 1. The van der Waals surface area contributed by atoms with E-state index < -0.39 is 11.9 Å². The highest BCUT2D eigenvalue weighted by atomic mass is 32.1. The standard InChI is InChI=1S/C16H20FN3O2S/c1-3-10(4-2)15-19-20-16(23-15)18-14(22)9-13(21)11-6-5-7-12(17)8-11/h5-8,10,13,21H,3-4,9H2,1-2H3,(H,18,20,22). The zero-order valence-electron chi connectivity index (χ0n) is 13.1. The summed E-state index contributed by atoms with van der Waals surface area (Å²) in [6, 6.07) is 5.58. The molecule has 124 valence electrons. The van der Waals surface area contributed by atoms with Crippen molar-refractivity contribution >= 4 is 22.4 Å². The molecule has 1 heterocycles. The third-order valence-electron chi connectivity index (χ3n) is 3.63. The highest BCUT2D eigenvalue weighted by Gasteiger charge is 2.17. The number of carbonyl (C=O) groups excluding carboxylic acids is 1. The first kappa shape index (κ1) is 17.5. The first-order valence-electron chi connectivity index (χ1n) is 7.60. The molecule has 5 nitrogen and oxygen atoms in total. The van der Waals surface area contributed by atoms with Gasteiger partial charge in [0.2, 0.25) is 11.0 Å². The fourth-order valence-corrected chi connectivity index (χ4v) is 3.29. The van der Waals surface area contributed by atoms with Gasteiger partial charge in [-0.05, 0) is 30.5 Å². The number of nitrogens with one attached hydrogen (secondary N) is 1. The summed E-state index contributed by atoms with van der Waals surface area (Å²) in [5.74, 6) is -0.481. The number of rotatable bonds is 7. The Labute approximate surface area is 138 Å². The van der Waals surface area contributed by atoms with Gasteiger partial charge in [0, 0.05) is 5.92 Å². The number of aliphatic hydroxyl groups excluding tert-OH is 1. The van der Waals surface area contributed by atoms with Crippen molar-refractivity contribution in [3.8, 4) is 0 Å². The Morgan fingerprint density at radius 1 is 1.35 bits per heavy atom. The van der Waals surface area contributed by atoms with Crippen molar-refractivity contribution in [1.29, 1.82) is 0 Å². The van der Waals surface area contributed by atoms with Crippen LogP contribution in [0, 0.1) is 5.82 Å². The lowest BCUT2D eigenvalue weighted by Gasteiger charge is -2.10. The zero-order chi connectivity index (χ0) is 16.8. The molecule has 0 aliphatic heterocycles. The highest BCUT2D eigenvalue weighted by molar-refractivity contribution is 7.15. The minimum absolute atomic E-state index is 0.163. The van der Waals surface area contributed by atoms with Crippen molar-refractivity contribution < 1.29 is 14.3 Å². The fraction of sp³-hybridized carbons (Fsp3) is 0.438. The lowest BCUT2D eigenvalue weighted by atomic mass is 10.1. The Balaban J connectivity index is 1.94. The number of anilines is 1. The molecule has 0 spiro atoms. The molecule has 0 radical (unpaired) electrons. The first-order valence-corrected chi connectivity index (χ1v) is 8.41. The predicted octanol–water partition coefficient (Wildman–Crippen LogP) is 3.64. The minimum atomic E-state index is -1.06. The largest absolute Gasteiger partial charge is 0.388 e. The molecule has 0 aliphatic rings. The number of hydrogen-bond acceptors (Lipinski definition) is 5. The third-order valence-corrected chi connectivity index (χ3v) is 4.64. The summed E-state index contributed by atoms with van der Waals surface area (Å²) < 4.78 is 13.1. The number of carbonyl (C=O) groups is 1. The molecule has 0 aliphatic carbocycles. The van der Waals surface area contributed by atoms with Crippen LogP contribution in [-0.4, -0.2) is 21.2 Å². The van der Waals surface area contributed by atoms with E-state index in [1.807, 2.05) is 0 Å². The molecule has 2 rings (SSSR count). The number of halogens is 1. The van der Waals surface area contributed by atoms with Gasteiger partial charge >= 0.3 is 0 Å². The number of hydrogen-bond donors (Lipinski definition) is 2. The first-order chi connectivity index (χ1) is 11.0. The van der Waals surface area contributed by atoms with Crippen molar-refractivity contribution in [2.45, 2.75) is 45.1 Å². The second kappa shape index (κ2) is 8.12. The van der Waals surface area contributed by atoms with Crippen LogP contribution in [0.15, 0.2) is 24.3 Å². The number of aliphatic hydroxyl groups is 1. The van der Waals surface area contributed by atoms with Crippen LogP contribution in [0.3, 0.4) is 0 Å². The van der Waals surface area contributed by atoms with Crippen molar-refractivity contribution in [3.05, 3.63) is 40.7 Å². The summed E-state index contributed by atoms with van der Waals surface area (Å²) in [7, 11) is 0. The second-order valence-electron chi connectivity index (χ2n) is 5.28. The van der Waals surface area contributed by atoms with E-state index in [2.05, 4.69) is 29.4 Å². The van der Waals surface area contributed by atoms with Gasteiger partial charge < -0.3 is 10.4 Å². The third kappa shape index (κ3) is 4.80. The van der Waals surface area contributed by atoms with Crippen LogP contribution in [0.25, 0.3) is 0 Å².